The van der Waals surface area contributed by atoms with E-state index in [4.69, 9.17) is 14.6 Å². The molecule has 0 aliphatic carbocycles. The van der Waals surface area contributed by atoms with E-state index >= 15 is 0 Å². The zero-order valence-electron chi connectivity index (χ0n) is 18.2. The average Bonchev–Trinajstić information content (AvgIpc) is 3.12. The number of aryl methyl sites for hydroxylation is 3. The maximum absolute atomic E-state index is 12.8. The summed E-state index contributed by atoms with van der Waals surface area (Å²) in [6.07, 6.45) is -1.92. The number of alkyl halides is 3. The maximum Gasteiger partial charge on any atom is 0.416 e. The summed E-state index contributed by atoms with van der Waals surface area (Å²) in [6.45, 7) is 3.87. The van der Waals surface area contributed by atoms with Gasteiger partial charge >= 0.3 is 12.1 Å². The minimum absolute atomic E-state index is 0.391. The van der Waals surface area contributed by atoms with Crippen LogP contribution in [0.2, 0.25) is 0 Å². The SMILES string of the molecule is Cc1cc(OCCCCc2nc(-c3ccc(C(F)(F)F)cc3)c(C)s2)ccc1OCC(=O)O. The standard InChI is InChI=1S/C24H24F3NO4S/c1-15-13-19(10-11-20(15)32-14-22(29)30)31-12-4-3-5-21-28-23(16(2)33-21)17-6-8-18(9-7-17)24(25,26)27/h6-11,13H,3-5,12,14H2,1-2H3,(H,29,30). The van der Waals surface area contributed by atoms with E-state index in [0.717, 1.165) is 52.5 Å². The van der Waals surface area contributed by atoms with Gasteiger partial charge in [-0.15, -0.1) is 11.3 Å². The molecule has 0 amide bonds. The summed E-state index contributed by atoms with van der Waals surface area (Å²) >= 11 is 1.55. The van der Waals surface area contributed by atoms with Gasteiger partial charge in [-0.3, -0.25) is 0 Å². The molecule has 3 aromatic rings. The van der Waals surface area contributed by atoms with E-state index in [0.29, 0.717) is 23.7 Å². The van der Waals surface area contributed by atoms with Gasteiger partial charge in [0.2, 0.25) is 0 Å². The molecule has 0 spiro atoms. The third-order valence-electron chi connectivity index (χ3n) is 4.88. The molecule has 0 aliphatic rings. The third-order valence-corrected chi connectivity index (χ3v) is 5.91. The van der Waals surface area contributed by atoms with Crippen molar-refractivity contribution in [2.75, 3.05) is 13.2 Å². The van der Waals surface area contributed by atoms with Gasteiger partial charge in [0.1, 0.15) is 11.5 Å². The highest BCUT2D eigenvalue weighted by atomic mass is 32.1. The number of aliphatic carboxylic acids is 1. The highest BCUT2D eigenvalue weighted by Gasteiger charge is 2.30. The molecule has 176 valence electrons. The second-order valence-electron chi connectivity index (χ2n) is 7.50. The Hall–Kier alpha value is -3.07. The van der Waals surface area contributed by atoms with Crippen LogP contribution in [0.4, 0.5) is 13.2 Å². The molecule has 33 heavy (non-hydrogen) atoms. The summed E-state index contributed by atoms with van der Waals surface area (Å²) in [6, 6.07) is 10.3. The number of hydrogen-bond acceptors (Lipinski definition) is 5. The number of aromatic nitrogens is 1. The van der Waals surface area contributed by atoms with Gasteiger partial charge in [0.15, 0.2) is 6.61 Å². The van der Waals surface area contributed by atoms with Gasteiger partial charge in [-0.05, 0) is 69.0 Å². The van der Waals surface area contributed by atoms with E-state index in [1.165, 1.54) is 12.1 Å². The largest absolute Gasteiger partial charge is 0.494 e. The van der Waals surface area contributed by atoms with E-state index in [2.05, 4.69) is 4.98 Å². The number of thiazole rings is 1. The molecule has 0 bridgehead atoms. The Labute approximate surface area is 193 Å². The van der Waals surface area contributed by atoms with Crippen LogP contribution in [0.3, 0.4) is 0 Å². The van der Waals surface area contributed by atoms with Gasteiger partial charge in [0.05, 0.1) is 22.9 Å². The van der Waals surface area contributed by atoms with Gasteiger partial charge in [-0.25, -0.2) is 9.78 Å². The van der Waals surface area contributed by atoms with Crippen LogP contribution >= 0.6 is 11.3 Å². The first-order valence-corrected chi connectivity index (χ1v) is 11.2. The van der Waals surface area contributed by atoms with Gasteiger partial charge in [-0.2, -0.15) is 13.2 Å². The molecule has 0 saturated heterocycles. The number of nitrogens with zero attached hydrogens (tertiary/aromatic N) is 1. The quantitative estimate of drug-likeness (QED) is 0.345. The van der Waals surface area contributed by atoms with E-state index in [-0.39, 0.29) is 0 Å². The topological polar surface area (TPSA) is 68.7 Å². The molecule has 1 heterocycles. The highest BCUT2D eigenvalue weighted by Crippen LogP contribution is 2.33. The Morgan fingerprint density at radius 1 is 1.06 bits per heavy atom. The van der Waals surface area contributed by atoms with Crippen LogP contribution in [0, 0.1) is 13.8 Å². The summed E-state index contributed by atoms with van der Waals surface area (Å²) in [7, 11) is 0. The third kappa shape index (κ3) is 6.95. The number of halogens is 3. The Balaban J connectivity index is 1.47. The molecule has 9 heteroatoms. The smallest absolute Gasteiger partial charge is 0.416 e. The second kappa shape index (κ2) is 10.7. The molecule has 5 nitrogen and oxygen atoms in total. The highest BCUT2D eigenvalue weighted by molar-refractivity contribution is 7.12. The van der Waals surface area contributed by atoms with Crippen molar-refractivity contribution in [1.29, 1.82) is 0 Å². The molecule has 0 atom stereocenters. The number of carboxylic acids is 1. The lowest BCUT2D eigenvalue weighted by molar-refractivity contribution is -0.139. The molecule has 0 unspecified atom stereocenters. The fourth-order valence-electron chi connectivity index (χ4n) is 3.22. The minimum atomic E-state index is -4.35. The summed E-state index contributed by atoms with van der Waals surface area (Å²) < 4.78 is 49.2. The van der Waals surface area contributed by atoms with Crippen molar-refractivity contribution < 1.29 is 32.5 Å². The van der Waals surface area contributed by atoms with Gasteiger partial charge in [0, 0.05) is 10.4 Å². The molecule has 3 rings (SSSR count). The van der Waals surface area contributed by atoms with Crippen molar-refractivity contribution >= 4 is 17.3 Å². The molecule has 0 fully saturated rings. The number of ether oxygens (including phenoxy) is 2. The lowest BCUT2D eigenvalue weighted by Gasteiger charge is -2.10. The fourth-order valence-corrected chi connectivity index (χ4v) is 4.22. The molecule has 2 aromatic carbocycles. The number of carbonyl (C=O) groups is 1. The van der Waals surface area contributed by atoms with Crippen molar-refractivity contribution in [3.63, 3.8) is 0 Å². The van der Waals surface area contributed by atoms with E-state index in [1.54, 1.807) is 29.5 Å². The van der Waals surface area contributed by atoms with Crippen molar-refractivity contribution in [2.45, 2.75) is 39.3 Å². The average molecular weight is 480 g/mol. The van der Waals surface area contributed by atoms with E-state index in [9.17, 15) is 18.0 Å². The molecule has 1 aromatic heterocycles. The lowest BCUT2D eigenvalue weighted by atomic mass is 10.1. The molecule has 0 radical (unpaired) electrons. The first-order chi connectivity index (χ1) is 15.6. The number of unbranched alkanes of at least 4 members (excludes halogenated alkanes) is 1. The minimum Gasteiger partial charge on any atom is -0.494 e. The fraction of sp³-hybridized carbons (Fsp3) is 0.333. The maximum atomic E-state index is 12.8. The summed E-state index contributed by atoms with van der Waals surface area (Å²) in [5, 5.41) is 9.63. The van der Waals surface area contributed by atoms with Crippen LogP contribution in [0.15, 0.2) is 42.5 Å². The zero-order valence-corrected chi connectivity index (χ0v) is 19.1. The number of hydrogen-bond donors (Lipinski definition) is 1. The van der Waals surface area contributed by atoms with Crippen molar-refractivity contribution in [3.8, 4) is 22.8 Å². The summed E-state index contributed by atoms with van der Waals surface area (Å²) in [5.41, 5.74) is 1.53. The van der Waals surface area contributed by atoms with Crippen LogP contribution in [-0.4, -0.2) is 29.3 Å². The monoisotopic (exact) mass is 479 g/mol. The molecular formula is C24H24F3NO4S. The van der Waals surface area contributed by atoms with Crippen LogP contribution in [-0.2, 0) is 17.4 Å². The van der Waals surface area contributed by atoms with Crippen molar-refractivity contribution in [2.24, 2.45) is 0 Å². The number of benzene rings is 2. The van der Waals surface area contributed by atoms with Gasteiger partial charge in [0.25, 0.3) is 0 Å². The number of rotatable bonds is 10. The summed E-state index contributed by atoms with van der Waals surface area (Å²) in [5.74, 6) is 0.161. The Morgan fingerprint density at radius 2 is 1.79 bits per heavy atom. The van der Waals surface area contributed by atoms with Crippen LogP contribution in [0.25, 0.3) is 11.3 Å². The number of carboxylic acid groups (broad SMARTS) is 1. The predicted molar refractivity (Wildman–Crippen MR) is 120 cm³/mol. The van der Waals surface area contributed by atoms with Crippen molar-refractivity contribution in [3.05, 3.63) is 63.5 Å². The summed E-state index contributed by atoms with van der Waals surface area (Å²) in [4.78, 5) is 16.2. The Kier molecular flexibility index (Phi) is 7.97. The second-order valence-corrected chi connectivity index (χ2v) is 8.79. The van der Waals surface area contributed by atoms with E-state index in [1.807, 2.05) is 13.8 Å². The Morgan fingerprint density at radius 3 is 2.42 bits per heavy atom. The van der Waals surface area contributed by atoms with Gasteiger partial charge < -0.3 is 14.6 Å². The lowest BCUT2D eigenvalue weighted by Crippen LogP contribution is -2.10. The van der Waals surface area contributed by atoms with E-state index < -0.39 is 24.3 Å². The Bertz CT molecular complexity index is 1090. The predicted octanol–water partition coefficient (Wildman–Crippen LogP) is 6.31. The van der Waals surface area contributed by atoms with Crippen molar-refractivity contribution in [1.82, 2.24) is 4.98 Å². The first kappa shape index (κ1) is 24.6. The van der Waals surface area contributed by atoms with Crippen LogP contribution in [0.5, 0.6) is 11.5 Å². The van der Waals surface area contributed by atoms with Crippen LogP contribution < -0.4 is 9.47 Å². The first-order valence-electron chi connectivity index (χ1n) is 10.4. The zero-order chi connectivity index (χ0) is 24.0. The molecule has 0 saturated carbocycles. The van der Waals surface area contributed by atoms with Gasteiger partial charge in [-0.1, -0.05) is 12.1 Å². The molecular weight excluding hydrogens is 455 g/mol. The molecule has 1 N–H and O–H groups in total. The van der Waals surface area contributed by atoms with Crippen LogP contribution in [0.1, 0.15) is 33.9 Å². The normalized spacial score (nSPS) is 11.4. The molecule has 0 aliphatic heterocycles.